The Labute approximate surface area is 89.3 Å². The van der Waals surface area contributed by atoms with Crippen LogP contribution in [0.1, 0.15) is 34.0 Å². The second-order valence-corrected chi connectivity index (χ2v) is 3.34. The lowest BCUT2D eigenvalue weighted by Gasteiger charge is -2.08. The van der Waals surface area contributed by atoms with Crippen LogP contribution < -0.4 is 0 Å². The highest BCUT2D eigenvalue weighted by Gasteiger charge is 2.15. The van der Waals surface area contributed by atoms with Crippen LogP contribution in [0.5, 0.6) is 0 Å². The Kier molecular flexibility index (Phi) is 3.46. The monoisotopic (exact) mass is 203 g/mol. The lowest BCUT2D eigenvalue weighted by Crippen LogP contribution is -2.09. The summed E-state index contributed by atoms with van der Waals surface area (Å²) in [4.78, 5) is 11.6. The molecule has 78 valence electrons. The van der Waals surface area contributed by atoms with Crippen LogP contribution in [0.15, 0.2) is 12.1 Å². The Hall–Kier alpha value is -1.82. The first kappa shape index (κ1) is 11.3. The SMILES string of the molecule is CCOC(=O)c1c(C)cc(C)cc1C#N. The molecule has 0 amide bonds. The summed E-state index contributed by atoms with van der Waals surface area (Å²) in [5, 5.41) is 8.93. The Bertz CT molecular complexity index is 430. The van der Waals surface area contributed by atoms with Crippen molar-refractivity contribution < 1.29 is 9.53 Å². The van der Waals surface area contributed by atoms with E-state index in [4.69, 9.17) is 10.00 Å². The number of esters is 1. The average Bonchev–Trinajstić information content (AvgIpc) is 2.16. The van der Waals surface area contributed by atoms with E-state index in [0.29, 0.717) is 17.7 Å². The fourth-order valence-corrected chi connectivity index (χ4v) is 1.53. The van der Waals surface area contributed by atoms with Gasteiger partial charge in [-0.25, -0.2) is 4.79 Å². The van der Waals surface area contributed by atoms with Gasteiger partial charge in [0.25, 0.3) is 0 Å². The van der Waals surface area contributed by atoms with Gasteiger partial charge in [-0.15, -0.1) is 0 Å². The van der Waals surface area contributed by atoms with Gasteiger partial charge in [0.1, 0.15) is 6.07 Å². The minimum atomic E-state index is -0.424. The molecule has 0 aromatic heterocycles. The van der Waals surface area contributed by atoms with Crippen molar-refractivity contribution in [1.82, 2.24) is 0 Å². The summed E-state index contributed by atoms with van der Waals surface area (Å²) in [5.74, 6) is -0.424. The van der Waals surface area contributed by atoms with Gasteiger partial charge < -0.3 is 4.74 Å². The standard InChI is InChI=1S/C12H13NO2/c1-4-15-12(14)11-9(3)5-8(2)6-10(11)7-13/h5-6H,4H2,1-3H3. The zero-order valence-corrected chi connectivity index (χ0v) is 9.13. The quantitative estimate of drug-likeness (QED) is 0.693. The molecule has 1 rings (SSSR count). The molecule has 15 heavy (non-hydrogen) atoms. The lowest BCUT2D eigenvalue weighted by molar-refractivity contribution is 0.0525. The molecule has 0 fully saturated rings. The molecule has 0 atom stereocenters. The van der Waals surface area contributed by atoms with Crippen LogP contribution in [0.3, 0.4) is 0 Å². The fraction of sp³-hybridized carbons (Fsp3) is 0.333. The van der Waals surface area contributed by atoms with Crippen molar-refractivity contribution in [3.05, 3.63) is 34.4 Å². The highest BCUT2D eigenvalue weighted by molar-refractivity contribution is 5.94. The van der Waals surface area contributed by atoms with E-state index in [0.717, 1.165) is 11.1 Å². The summed E-state index contributed by atoms with van der Waals surface area (Å²) >= 11 is 0. The number of aryl methyl sites for hydroxylation is 2. The Morgan fingerprint density at radius 1 is 1.47 bits per heavy atom. The number of hydrogen-bond donors (Lipinski definition) is 0. The van der Waals surface area contributed by atoms with Crippen molar-refractivity contribution >= 4 is 5.97 Å². The first-order valence-corrected chi connectivity index (χ1v) is 4.78. The van der Waals surface area contributed by atoms with Gasteiger partial charge in [0.05, 0.1) is 17.7 Å². The van der Waals surface area contributed by atoms with E-state index in [2.05, 4.69) is 0 Å². The highest BCUT2D eigenvalue weighted by Crippen LogP contribution is 2.17. The van der Waals surface area contributed by atoms with Crippen molar-refractivity contribution in [2.75, 3.05) is 6.61 Å². The van der Waals surface area contributed by atoms with Crippen LogP contribution in [-0.4, -0.2) is 12.6 Å². The second-order valence-electron chi connectivity index (χ2n) is 3.34. The molecule has 0 spiro atoms. The molecule has 0 saturated heterocycles. The summed E-state index contributed by atoms with van der Waals surface area (Å²) < 4.78 is 4.90. The molecule has 0 N–H and O–H groups in total. The Balaban J connectivity index is 3.28. The van der Waals surface area contributed by atoms with Crippen LogP contribution in [0.25, 0.3) is 0 Å². The van der Waals surface area contributed by atoms with Gasteiger partial charge in [-0.2, -0.15) is 5.26 Å². The molecule has 3 heteroatoms. The fourth-order valence-electron chi connectivity index (χ4n) is 1.53. The van der Waals surface area contributed by atoms with Gasteiger partial charge >= 0.3 is 5.97 Å². The predicted octanol–water partition coefficient (Wildman–Crippen LogP) is 2.35. The summed E-state index contributed by atoms with van der Waals surface area (Å²) in [6, 6.07) is 5.58. The number of carbonyl (C=O) groups excluding carboxylic acids is 1. The van der Waals surface area contributed by atoms with Crippen LogP contribution >= 0.6 is 0 Å². The van der Waals surface area contributed by atoms with Gasteiger partial charge in [-0.05, 0) is 38.0 Å². The van der Waals surface area contributed by atoms with E-state index >= 15 is 0 Å². The van der Waals surface area contributed by atoms with Gasteiger partial charge in [0.2, 0.25) is 0 Å². The normalized spacial score (nSPS) is 9.47. The number of nitriles is 1. The van der Waals surface area contributed by atoms with Crippen molar-refractivity contribution in [1.29, 1.82) is 5.26 Å². The number of hydrogen-bond acceptors (Lipinski definition) is 3. The molecule has 0 aliphatic rings. The van der Waals surface area contributed by atoms with E-state index in [1.807, 2.05) is 19.1 Å². The number of ether oxygens (including phenoxy) is 1. The molecule has 0 bridgehead atoms. The molecule has 0 aliphatic carbocycles. The summed E-state index contributed by atoms with van der Waals surface area (Å²) in [6.07, 6.45) is 0. The molecule has 0 heterocycles. The second kappa shape index (κ2) is 4.61. The van der Waals surface area contributed by atoms with Crippen LogP contribution in [-0.2, 0) is 4.74 Å². The van der Waals surface area contributed by atoms with Gasteiger partial charge in [0.15, 0.2) is 0 Å². The topological polar surface area (TPSA) is 50.1 Å². The van der Waals surface area contributed by atoms with Crippen molar-refractivity contribution in [3.63, 3.8) is 0 Å². The third-order valence-electron chi connectivity index (χ3n) is 2.08. The molecular weight excluding hydrogens is 190 g/mol. The molecule has 0 saturated carbocycles. The molecule has 0 aliphatic heterocycles. The van der Waals surface area contributed by atoms with Crippen LogP contribution in [0, 0.1) is 25.2 Å². The summed E-state index contributed by atoms with van der Waals surface area (Å²) in [5.41, 5.74) is 2.51. The zero-order chi connectivity index (χ0) is 11.4. The summed E-state index contributed by atoms with van der Waals surface area (Å²) in [7, 11) is 0. The maximum Gasteiger partial charge on any atom is 0.339 e. The third-order valence-corrected chi connectivity index (χ3v) is 2.08. The molecule has 0 unspecified atom stereocenters. The molecule has 3 nitrogen and oxygen atoms in total. The van der Waals surface area contributed by atoms with E-state index < -0.39 is 5.97 Å². The van der Waals surface area contributed by atoms with Gasteiger partial charge in [-0.1, -0.05) is 6.07 Å². The van der Waals surface area contributed by atoms with E-state index in [1.54, 1.807) is 19.9 Å². The Morgan fingerprint density at radius 3 is 2.67 bits per heavy atom. The van der Waals surface area contributed by atoms with Crippen molar-refractivity contribution in [2.45, 2.75) is 20.8 Å². The van der Waals surface area contributed by atoms with Crippen molar-refractivity contribution in [3.8, 4) is 6.07 Å². The number of rotatable bonds is 2. The minimum absolute atomic E-state index is 0.316. The predicted molar refractivity (Wildman–Crippen MR) is 56.6 cm³/mol. The smallest absolute Gasteiger partial charge is 0.339 e. The largest absolute Gasteiger partial charge is 0.462 e. The van der Waals surface area contributed by atoms with E-state index in [1.165, 1.54) is 0 Å². The minimum Gasteiger partial charge on any atom is -0.462 e. The average molecular weight is 203 g/mol. The van der Waals surface area contributed by atoms with Gasteiger partial charge in [0, 0.05) is 0 Å². The number of carbonyl (C=O) groups is 1. The highest BCUT2D eigenvalue weighted by atomic mass is 16.5. The first-order valence-electron chi connectivity index (χ1n) is 4.78. The Morgan fingerprint density at radius 2 is 2.13 bits per heavy atom. The lowest BCUT2D eigenvalue weighted by atomic mass is 10.00. The van der Waals surface area contributed by atoms with Crippen molar-refractivity contribution in [2.24, 2.45) is 0 Å². The maximum absolute atomic E-state index is 11.6. The first-order chi connectivity index (χ1) is 7.10. The number of benzene rings is 1. The third kappa shape index (κ3) is 2.35. The molecule has 1 aromatic carbocycles. The molecule has 1 aromatic rings. The van der Waals surface area contributed by atoms with Crippen LogP contribution in [0.4, 0.5) is 0 Å². The van der Waals surface area contributed by atoms with Crippen LogP contribution in [0.2, 0.25) is 0 Å². The molecular formula is C12H13NO2. The van der Waals surface area contributed by atoms with Gasteiger partial charge in [-0.3, -0.25) is 0 Å². The molecule has 0 radical (unpaired) electrons. The van der Waals surface area contributed by atoms with E-state index in [9.17, 15) is 4.79 Å². The number of nitrogens with zero attached hydrogens (tertiary/aromatic N) is 1. The van der Waals surface area contributed by atoms with E-state index in [-0.39, 0.29) is 0 Å². The summed E-state index contributed by atoms with van der Waals surface area (Å²) in [6.45, 7) is 5.76. The maximum atomic E-state index is 11.6. The zero-order valence-electron chi connectivity index (χ0n) is 9.13.